The Labute approximate surface area is 71.6 Å². The van der Waals surface area contributed by atoms with Crippen LogP contribution in [-0.4, -0.2) is 17.3 Å². The fourth-order valence-electron chi connectivity index (χ4n) is 0.958. The number of carbonyl (C=O) groups excluding carboxylic acids is 1. The maximum absolute atomic E-state index is 11.3. The lowest BCUT2D eigenvalue weighted by Crippen LogP contribution is -2.09. The van der Waals surface area contributed by atoms with E-state index in [2.05, 4.69) is 4.98 Å². The van der Waals surface area contributed by atoms with Crippen molar-refractivity contribution >= 4 is 5.78 Å². The molecule has 0 bridgehead atoms. The number of ketones is 1. The molecule has 0 radical (unpaired) electrons. The number of hydrogen-bond acceptors (Lipinski definition) is 3. The molecule has 3 heteroatoms. The van der Waals surface area contributed by atoms with Crippen LogP contribution in [-0.2, 0) is 0 Å². The third-order valence-corrected chi connectivity index (χ3v) is 1.55. The molecule has 0 aliphatic rings. The minimum absolute atomic E-state index is 0.0150. The van der Waals surface area contributed by atoms with Gasteiger partial charge in [0.25, 0.3) is 0 Å². The highest BCUT2D eigenvalue weighted by atomic mass is 16.1. The average molecular weight is 164 g/mol. The topological polar surface area (TPSA) is 56.0 Å². The molecule has 0 aromatic carbocycles. The van der Waals surface area contributed by atoms with E-state index in [1.165, 1.54) is 0 Å². The Morgan fingerprint density at radius 1 is 1.58 bits per heavy atom. The van der Waals surface area contributed by atoms with Crippen molar-refractivity contribution in [1.29, 1.82) is 0 Å². The molecule has 0 unspecified atom stereocenters. The maximum atomic E-state index is 11.3. The van der Waals surface area contributed by atoms with E-state index in [-0.39, 0.29) is 5.78 Å². The second-order valence-electron chi connectivity index (χ2n) is 2.63. The van der Waals surface area contributed by atoms with Crippen molar-refractivity contribution in [2.75, 3.05) is 6.54 Å². The Morgan fingerprint density at radius 3 is 2.92 bits per heavy atom. The Hall–Kier alpha value is -1.22. The third kappa shape index (κ3) is 2.13. The zero-order valence-electron chi connectivity index (χ0n) is 7.08. The van der Waals surface area contributed by atoms with Crippen molar-refractivity contribution in [2.45, 2.75) is 13.3 Å². The van der Waals surface area contributed by atoms with Crippen LogP contribution in [0.3, 0.4) is 0 Å². The Morgan fingerprint density at radius 2 is 2.33 bits per heavy atom. The minimum atomic E-state index is 0.0150. The van der Waals surface area contributed by atoms with E-state index >= 15 is 0 Å². The number of carbonyl (C=O) groups is 1. The van der Waals surface area contributed by atoms with Crippen LogP contribution in [0.5, 0.6) is 0 Å². The first-order valence-corrected chi connectivity index (χ1v) is 3.91. The molecule has 0 amide bonds. The average Bonchev–Trinajstić information content (AvgIpc) is 2.05. The lowest BCUT2D eigenvalue weighted by atomic mass is 10.2. The summed E-state index contributed by atoms with van der Waals surface area (Å²) < 4.78 is 0. The molecule has 0 aliphatic carbocycles. The van der Waals surface area contributed by atoms with Gasteiger partial charge in [-0.15, -0.1) is 0 Å². The number of aryl methyl sites for hydroxylation is 1. The van der Waals surface area contributed by atoms with Crippen LogP contribution in [0, 0.1) is 6.92 Å². The van der Waals surface area contributed by atoms with E-state index in [9.17, 15) is 4.79 Å². The van der Waals surface area contributed by atoms with Gasteiger partial charge in [0.05, 0.1) is 0 Å². The van der Waals surface area contributed by atoms with E-state index in [4.69, 9.17) is 5.73 Å². The largest absolute Gasteiger partial charge is 0.330 e. The van der Waals surface area contributed by atoms with Crippen LogP contribution in [0.2, 0.25) is 0 Å². The van der Waals surface area contributed by atoms with Crippen molar-refractivity contribution in [3.05, 3.63) is 29.6 Å². The highest BCUT2D eigenvalue weighted by molar-refractivity contribution is 5.94. The highest BCUT2D eigenvalue weighted by Crippen LogP contribution is 2.00. The predicted molar refractivity (Wildman–Crippen MR) is 47.0 cm³/mol. The molecule has 1 heterocycles. The molecule has 12 heavy (non-hydrogen) atoms. The highest BCUT2D eigenvalue weighted by Gasteiger charge is 2.04. The molecule has 0 aliphatic heterocycles. The smallest absolute Gasteiger partial charge is 0.182 e. The second-order valence-corrected chi connectivity index (χ2v) is 2.63. The summed E-state index contributed by atoms with van der Waals surface area (Å²) in [7, 11) is 0. The molecule has 3 nitrogen and oxygen atoms in total. The minimum Gasteiger partial charge on any atom is -0.330 e. The Balaban J connectivity index is 2.81. The quantitative estimate of drug-likeness (QED) is 0.676. The summed E-state index contributed by atoms with van der Waals surface area (Å²) in [5.74, 6) is 0.0150. The number of nitrogens with zero attached hydrogens (tertiary/aromatic N) is 1. The summed E-state index contributed by atoms with van der Waals surface area (Å²) in [6, 6.07) is 5.40. The number of nitrogens with two attached hydrogens (primary N) is 1. The molecular formula is C9H12N2O. The standard InChI is InChI=1S/C9H12N2O/c1-7-3-2-4-8(11-7)9(12)5-6-10/h2-4H,5-6,10H2,1H3. The number of hydrogen-bond donors (Lipinski definition) is 1. The second kappa shape index (κ2) is 3.97. The summed E-state index contributed by atoms with van der Waals surface area (Å²) >= 11 is 0. The predicted octanol–water partition coefficient (Wildman–Crippen LogP) is 0.922. The van der Waals surface area contributed by atoms with Gasteiger partial charge < -0.3 is 5.73 Å². The van der Waals surface area contributed by atoms with Crippen LogP contribution in [0.15, 0.2) is 18.2 Å². The molecule has 0 saturated carbocycles. The number of aromatic nitrogens is 1. The molecule has 2 N–H and O–H groups in total. The Kier molecular flexibility index (Phi) is 2.94. The third-order valence-electron chi connectivity index (χ3n) is 1.55. The van der Waals surface area contributed by atoms with Gasteiger partial charge in [0.1, 0.15) is 5.69 Å². The zero-order valence-corrected chi connectivity index (χ0v) is 7.08. The van der Waals surface area contributed by atoms with Crippen molar-refractivity contribution in [2.24, 2.45) is 5.73 Å². The fourth-order valence-corrected chi connectivity index (χ4v) is 0.958. The summed E-state index contributed by atoms with van der Waals surface area (Å²) in [4.78, 5) is 15.3. The molecule has 0 atom stereocenters. The van der Waals surface area contributed by atoms with Crippen molar-refractivity contribution in [3.63, 3.8) is 0 Å². The van der Waals surface area contributed by atoms with Gasteiger partial charge >= 0.3 is 0 Å². The lowest BCUT2D eigenvalue weighted by Gasteiger charge is -1.98. The zero-order chi connectivity index (χ0) is 8.97. The van der Waals surface area contributed by atoms with Gasteiger partial charge in [-0.05, 0) is 25.6 Å². The first-order chi connectivity index (χ1) is 5.74. The maximum Gasteiger partial charge on any atom is 0.182 e. The monoisotopic (exact) mass is 164 g/mol. The van der Waals surface area contributed by atoms with Gasteiger partial charge in [0.15, 0.2) is 5.78 Å². The molecule has 0 saturated heterocycles. The van der Waals surface area contributed by atoms with Gasteiger partial charge in [-0.25, -0.2) is 0 Å². The van der Waals surface area contributed by atoms with Crippen LogP contribution < -0.4 is 5.73 Å². The summed E-state index contributed by atoms with van der Waals surface area (Å²) in [5, 5.41) is 0. The first kappa shape index (κ1) is 8.87. The van der Waals surface area contributed by atoms with Gasteiger partial charge in [-0.3, -0.25) is 9.78 Å². The van der Waals surface area contributed by atoms with Crippen molar-refractivity contribution in [3.8, 4) is 0 Å². The van der Waals surface area contributed by atoms with Crippen LogP contribution in [0.1, 0.15) is 22.6 Å². The van der Waals surface area contributed by atoms with Gasteiger partial charge in [-0.1, -0.05) is 6.07 Å². The van der Waals surface area contributed by atoms with Gasteiger partial charge in [0.2, 0.25) is 0 Å². The number of pyridine rings is 1. The molecule has 1 rings (SSSR count). The molecule has 1 aromatic rings. The van der Waals surface area contributed by atoms with E-state index < -0.39 is 0 Å². The molecule has 1 aromatic heterocycles. The summed E-state index contributed by atoms with van der Waals surface area (Å²) in [6.07, 6.45) is 0.371. The SMILES string of the molecule is Cc1cccc(C(=O)CCN)n1. The van der Waals surface area contributed by atoms with Crippen LogP contribution in [0.25, 0.3) is 0 Å². The van der Waals surface area contributed by atoms with Crippen molar-refractivity contribution < 1.29 is 4.79 Å². The van der Waals surface area contributed by atoms with E-state index in [1.54, 1.807) is 6.07 Å². The van der Waals surface area contributed by atoms with Crippen molar-refractivity contribution in [1.82, 2.24) is 4.98 Å². The first-order valence-electron chi connectivity index (χ1n) is 3.91. The normalized spacial score (nSPS) is 9.83. The van der Waals surface area contributed by atoms with Crippen LogP contribution in [0.4, 0.5) is 0 Å². The van der Waals surface area contributed by atoms with Gasteiger partial charge in [0, 0.05) is 12.1 Å². The molecular weight excluding hydrogens is 152 g/mol. The van der Waals surface area contributed by atoms with E-state index in [0.29, 0.717) is 18.7 Å². The number of Topliss-reactive ketones (excluding diaryl/α,β-unsaturated/α-hetero) is 1. The number of rotatable bonds is 3. The van der Waals surface area contributed by atoms with E-state index in [1.807, 2.05) is 19.1 Å². The molecule has 0 spiro atoms. The lowest BCUT2D eigenvalue weighted by molar-refractivity contribution is 0.0980. The molecule has 64 valence electrons. The van der Waals surface area contributed by atoms with E-state index in [0.717, 1.165) is 5.69 Å². The van der Waals surface area contributed by atoms with Crippen LogP contribution >= 0.6 is 0 Å². The summed E-state index contributed by atoms with van der Waals surface area (Å²) in [5.41, 5.74) is 6.63. The Bertz CT molecular complexity index is 284. The fraction of sp³-hybridized carbons (Fsp3) is 0.333. The molecule has 0 fully saturated rings. The summed E-state index contributed by atoms with van der Waals surface area (Å²) in [6.45, 7) is 2.24. The van der Waals surface area contributed by atoms with Gasteiger partial charge in [-0.2, -0.15) is 0 Å².